The van der Waals surface area contributed by atoms with Crippen molar-refractivity contribution in [3.05, 3.63) is 32.1 Å². The Morgan fingerprint density at radius 1 is 1.50 bits per heavy atom. The van der Waals surface area contributed by atoms with Crippen molar-refractivity contribution in [3.8, 4) is 5.75 Å². The van der Waals surface area contributed by atoms with Gasteiger partial charge in [0.2, 0.25) is 5.75 Å². The molecule has 0 saturated carbocycles. The average Bonchev–Trinajstić information content (AvgIpc) is 2.18. The molecule has 1 rings (SSSR count). The van der Waals surface area contributed by atoms with Crippen molar-refractivity contribution in [1.29, 1.82) is 0 Å². The van der Waals surface area contributed by atoms with Crippen molar-refractivity contribution >= 4 is 11.8 Å². The summed E-state index contributed by atoms with van der Waals surface area (Å²) < 4.78 is 39.0. The van der Waals surface area contributed by atoms with Crippen LogP contribution in [-0.2, 0) is 0 Å². The summed E-state index contributed by atoms with van der Waals surface area (Å²) in [4.78, 5) is 32.3. The monoisotopic (exact) mass is 268 g/mol. The second kappa shape index (κ2) is 4.35. The van der Waals surface area contributed by atoms with Crippen LogP contribution in [0.25, 0.3) is 0 Å². The summed E-state index contributed by atoms with van der Waals surface area (Å²) in [6.07, 6.45) is -5.30. The lowest BCUT2D eigenvalue weighted by molar-refractivity contribution is -0.389. The first-order chi connectivity index (χ1) is 8.11. The quantitative estimate of drug-likeness (QED) is 0.619. The number of hydrogen-bond donors (Lipinski definition) is 2. The van der Waals surface area contributed by atoms with Gasteiger partial charge in [-0.05, 0) is 4.92 Å². The largest absolute Gasteiger partial charge is 0.573 e. The second-order valence-corrected chi connectivity index (χ2v) is 2.84. The van der Waals surface area contributed by atoms with Crippen LogP contribution in [0.2, 0.25) is 0 Å². The summed E-state index contributed by atoms with van der Waals surface area (Å²) in [5.74, 6) is -4.60. The lowest BCUT2D eigenvalue weighted by Crippen LogP contribution is -2.25. The Kier molecular flexibility index (Phi) is 3.26. The normalized spacial score (nSPS) is 11.1. The Labute approximate surface area is 94.8 Å². The number of halogens is 3. The van der Waals surface area contributed by atoms with Crippen LogP contribution in [0.5, 0.6) is 5.75 Å². The number of nitrogens with zero attached hydrogens (tertiary/aromatic N) is 1. The van der Waals surface area contributed by atoms with Crippen molar-refractivity contribution in [2.45, 2.75) is 6.36 Å². The van der Waals surface area contributed by atoms with E-state index >= 15 is 0 Å². The highest BCUT2D eigenvalue weighted by Crippen LogP contribution is 2.24. The first kappa shape index (κ1) is 13.5. The van der Waals surface area contributed by atoms with Crippen molar-refractivity contribution in [2.24, 2.45) is 0 Å². The number of ether oxygens (including phenoxy) is 1. The van der Waals surface area contributed by atoms with Gasteiger partial charge in [0.15, 0.2) is 0 Å². The van der Waals surface area contributed by atoms with Gasteiger partial charge in [-0.1, -0.05) is 0 Å². The molecule has 1 aromatic heterocycles. The Morgan fingerprint density at radius 2 is 2.06 bits per heavy atom. The fourth-order valence-corrected chi connectivity index (χ4v) is 1.01. The van der Waals surface area contributed by atoms with Crippen LogP contribution in [0.4, 0.5) is 19.0 Å². The van der Waals surface area contributed by atoms with Crippen molar-refractivity contribution in [1.82, 2.24) is 4.98 Å². The van der Waals surface area contributed by atoms with Gasteiger partial charge in [-0.15, -0.1) is 13.2 Å². The molecule has 8 nitrogen and oxygen atoms in total. The number of nitrogens with one attached hydrogen (secondary N) is 1. The summed E-state index contributed by atoms with van der Waals surface area (Å²) in [7, 11) is 0. The van der Waals surface area contributed by atoms with Gasteiger partial charge in [0, 0.05) is 0 Å². The molecule has 0 atom stereocenters. The molecule has 0 saturated heterocycles. The zero-order chi connectivity index (χ0) is 14.1. The third kappa shape index (κ3) is 2.96. The molecule has 0 amide bonds. The van der Waals surface area contributed by atoms with Gasteiger partial charge in [0.1, 0.15) is 5.56 Å². The Morgan fingerprint density at radius 3 is 2.44 bits per heavy atom. The van der Waals surface area contributed by atoms with Gasteiger partial charge in [-0.25, -0.2) is 14.6 Å². The highest BCUT2D eigenvalue weighted by atomic mass is 19.4. The number of alkyl halides is 3. The second-order valence-electron chi connectivity index (χ2n) is 2.84. The molecule has 0 radical (unpaired) electrons. The van der Waals surface area contributed by atoms with Gasteiger partial charge in [0.25, 0.3) is 0 Å². The number of aromatic nitrogens is 1. The topological polar surface area (TPSA) is 123 Å². The molecule has 18 heavy (non-hydrogen) atoms. The number of carbonyl (C=O) groups is 1. The molecule has 0 aliphatic heterocycles. The summed E-state index contributed by atoms with van der Waals surface area (Å²) in [5, 5.41) is 18.9. The summed E-state index contributed by atoms with van der Waals surface area (Å²) in [6.45, 7) is 0. The number of carboxylic acids is 1. The van der Waals surface area contributed by atoms with E-state index in [2.05, 4.69) is 4.74 Å². The third-order valence-electron chi connectivity index (χ3n) is 1.62. The van der Waals surface area contributed by atoms with Gasteiger partial charge in [-0.3, -0.25) is 0 Å². The highest BCUT2D eigenvalue weighted by molar-refractivity contribution is 5.91. The molecule has 2 N–H and O–H groups in total. The SMILES string of the molecule is O=C(O)c1cc([N+](=O)[O-])[nH]c(=O)c1OC(F)(F)F. The minimum atomic E-state index is -5.30. The molecule has 11 heteroatoms. The zero-order valence-corrected chi connectivity index (χ0v) is 8.15. The molecule has 1 aromatic rings. The molecule has 0 unspecified atom stereocenters. The smallest absolute Gasteiger partial charge is 0.478 e. The van der Waals surface area contributed by atoms with E-state index in [0.717, 1.165) is 0 Å². The number of hydrogen-bond acceptors (Lipinski definition) is 5. The molecular weight excluding hydrogens is 265 g/mol. The number of aromatic carboxylic acids is 1. The Bertz CT molecular complexity index is 563. The van der Waals surface area contributed by atoms with Crippen LogP contribution in [-0.4, -0.2) is 27.3 Å². The molecule has 0 fully saturated rings. The summed E-state index contributed by atoms with van der Waals surface area (Å²) in [5.41, 5.74) is -2.93. The number of H-pyrrole nitrogens is 1. The fraction of sp³-hybridized carbons (Fsp3) is 0.143. The zero-order valence-electron chi connectivity index (χ0n) is 8.15. The number of rotatable bonds is 3. The minimum absolute atomic E-state index is 0.255. The summed E-state index contributed by atoms with van der Waals surface area (Å²) >= 11 is 0. The Hall–Kier alpha value is -2.59. The molecule has 0 aliphatic carbocycles. The molecule has 1 heterocycles. The maximum atomic E-state index is 11.9. The van der Waals surface area contributed by atoms with E-state index in [-0.39, 0.29) is 6.07 Å². The van der Waals surface area contributed by atoms with E-state index in [1.165, 1.54) is 4.98 Å². The van der Waals surface area contributed by atoms with E-state index in [0.29, 0.717) is 0 Å². The minimum Gasteiger partial charge on any atom is -0.478 e. The molecule has 0 bridgehead atoms. The van der Waals surface area contributed by atoms with Crippen LogP contribution in [0.15, 0.2) is 10.9 Å². The Balaban J connectivity index is 3.47. The molecule has 0 aromatic carbocycles. The fourth-order valence-electron chi connectivity index (χ4n) is 1.01. The van der Waals surface area contributed by atoms with Gasteiger partial charge >= 0.3 is 23.7 Å². The maximum absolute atomic E-state index is 11.9. The van der Waals surface area contributed by atoms with Gasteiger partial charge < -0.3 is 20.0 Å². The van der Waals surface area contributed by atoms with E-state index in [1.807, 2.05) is 0 Å². The van der Waals surface area contributed by atoms with Crippen molar-refractivity contribution in [3.63, 3.8) is 0 Å². The number of pyridine rings is 1. The standard InChI is InChI=1S/C7H3F3N2O6/c8-7(9,10)18-4-2(6(14)15)1-3(12(16)17)11-5(4)13/h1H,(H,11,13)(H,14,15). The van der Waals surface area contributed by atoms with Gasteiger partial charge in [0.05, 0.1) is 6.07 Å². The van der Waals surface area contributed by atoms with Crippen LogP contribution in [0.1, 0.15) is 10.4 Å². The van der Waals surface area contributed by atoms with E-state index < -0.39 is 39.9 Å². The molecule has 98 valence electrons. The van der Waals surface area contributed by atoms with Crippen LogP contribution < -0.4 is 10.3 Å². The predicted octanol–water partition coefficient (Wildman–Crippen LogP) is 0.880. The van der Waals surface area contributed by atoms with Crippen molar-refractivity contribution < 1.29 is 32.7 Å². The van der Waals surface area contributed by atoms with E-state index in [4.69, 9.17) is 5.11 Å². The number of nitro groups is 1. The maximum Gasteiger partial charge on any atom is 0.573 e. The molecule has 0 aliphatic rings. The molecular formula is C7H3F3N2O6. The van der Waals surface area contributed by atoms with Crippen LogP contribution >= 0.6 is 0 Å². The summed E-state index contributed by atoms with van der Waals surface area (Å²) in [6, 6.07) is 0.255. The van der Waals surface area contributed by atoms with Crippen LogP contribution in [0.3, 0.4) is 0 Å². The van der Waals surface area contributed by atoms with Crippen molar-refractivity contribution in [2.75, 3.05) is 0 Å². The first-order valence-electron chi connectivity index (χ1n) is 4.02. The number of carboxylic acid groups (broad SMARTS) is 1. The van der Waals surface area contributed by atoms with Gasteiger partial charge in [-0.2, -0.15) is 0 Å². The first-order valence-corrected chi connectivity index (χ1v) is 4.02. The van der Waals surface area contributed by atoms with E-state index in [1.54, 1.807) is 0 Å². The lowest BCUT2D eigenvalue weighted by atomic mass is 10.2. The average molecular weight is 268 g/mol. The number of aromatic amines is 1. The predicted molar refractivity (Wildman–Crippen MR) is 47.4 cm³/mol. The molecule has 0 spiro atoms. The van der Waals surface area contributed by atoms with E-state index in [9.17, 15) is 32.9 Å². The third-order valence-corrected chi connectivity index (χ3v) is 1.62. The highest BCUT2D eigenvalue weighted by Gasteiger charge is 2.36. The van der Waals surface area contributed by atoms with Crippen LogP contribution in [0, 0.1) is 10.1 Å². The lowest BCUT2D eigenvalue weighted by Gasteiger charge is -2.09.